The number of benzene rings is 2. The highest BCUT2D eigenvalue weighted by molar-refractivity contribution is 6.06. The van der Waals surface area contributed by atoms with Gasteiger partial charge in [-0.05, 0) is 49.6 Å². The smallest absolute Gasteiger partial charge is 0.253 e. The number of aromatic nitrogens is 3. The lowest BCUT2D eigenvalue weighted by atomic mass is 9.73. The Morgan fingerprint density at radius 2 is 1.91 bits per heavy atom. The van der Waals surface area contributed by atoms with Gasteiger partial charge in [0.25, 0.3) is 5.91 Å². The minimum Gasteiger partial charge on any atom is -0.382 e. The van der Waals surface area contributed by atoms with Crippen molar-refractivity contribution < 1.29 is 9.59 Å². The van der Waals surface area contributed by atoms with E-state index in [-0.39, 0.29) is 11.8 Å². The highest BCUT2D eigenvalue weighted by Crippen LogP contribution is 2.44. The molecule has 1 spiro atoms. The standard InChI is InChI=1S/C24H22N6O2/c1-14-26-13-20-21(25)27-18-7-6-15(12-19(18)30(14)20)22(31)29-10-8-24(9-11-29)16-4-2-3-5-17(16)28-23(24)32/h2-7,12-13H,8-11H2,1H3,(H2,25,27)(H,28,32). The van der Waals surface area contributed by atoms with Crippen molar-refractivity contribution in [2.24, 2.45) is 0 Å². The molecule has 2 amide bonds. The predicted octanol–water partition coefficient (Wildman–Crippen LogP) is 2.90. The number of imidazole rings is 1. The Hall–Kier alpha value is -3.94. The summed E-state index contributed by atoms with van der Waals surface area (Å²) < 4.78 is 1.93. The summed E-state index contributed by atoms with van der Waals surface area (Å²) >= 11 is 0. The summed E-state index contributed by atoms with van der Waals surface area (Å²) in [6.07, 6.45) is 2.91. The van der Waals surface area contributed by atoms with E-state index >= 15 is 0 Å². The summed E-state index contributed by atoms with van der Waals surface area (Å²) in [7, 11) is 0. The van der Waals surface area contributed by atoms with E-state index in [4.69, 9.17) is 5.73 Å². The van der Waals surface area contributed by atoms with Gasteiger partial charge < -0.3 is 16.0 Å². The van der Waals surface area contributed by atoms with E-state index in [0.29, 0.717) is 42.8 Å². The Kier molecular flexibility index (Phi) is 3.83. The molecule has 0 unspecified atom stereocenters. The number of likely N-dealkylation sites (tertiary alicyclic amines) is 1. The number of fused-ring (bicyclic) bond motifs is 5. The van der Waals surface area contributed by atoms with Crippen LogP contribution >= 0.6 is 0 Å². The molecule has 160 valence electrons. The van der Waals surface area contributed by atoms with Crippen LogP contribution in [-0.4, -0.2) is 44.2 Å². The molecule has 0 saturated carbocycles. The molecule has 32 heavy (non-hydrogen) atoms. The van der Waals surface area contributed by atoms with E-state index in [1.165, 1.54) is 0 Å². The van der Waals surface area contributed by atoms with E-state index < -0.39 is 5.41 Å². The van der Waals surface area contributed by atoms with Crippen LogP contribution in [0.25, 0.3) is 16.6 Å². The molecule has 6 rings (SSSR count). The van der Waals surface area contributed by atoms with Crippen molar-refractivity contribution in [3.63, 3.8) is 0 Å². The molecule has 1 fully saturated rings. The maximum atomic E-state index is 13.4. The van der Waals surface area contributed by atoms with Crippen LogP contribution in [0, 0.1) is 6.92 Å². The first-order valence-electron chi connectivity index (χ1n) is 10.7. The molecule has 2 aromatic carbocycles. The summed E-state index contributed by atoms with van der Waals surface area (Å²) in [5.74, 6) is 1.19. The summed E-state index contributed by atoms with van der Waals surface area (Å²) in [6.45, 7) is 2.95. The number of amides is 2. The fourth-order valence-corrected chi connectivity index (χ4v) is 5.19. The van der Waals surface area contributed by atoms with Crippen molar-refractivity contribution in [3.05, 3.63) is 65.6 Å². The average molecular weight is 426 g/mol. The Bertz CT molecular complexity index is 1430. The summed E-state index contributed by atoms with van der Waals surface area (Å²) in [5.41, 5.74) is 10.3. The monoisotopic (exact) mass is 426 g/mol. The molecule has 2 aliphatic rings. The number of hydrogen-bond donors (Lipinski definition) is 2. The zero-order chi connectivity index (χ0) is 22.0. The fraction of sp³-hybridized carbons (Fsp3) is 0.250. The van der Waals surface area contributed by atoms with Crippen LogP contribution in [0.1, 0.15) is 34.6 Å². The summed E-state index contributed by atoms with van der Waals surface area (Å²) in [5, 5.41) is 3.01. The highest BCUT2D eigenvalue weighted by atomic mass is 16.2. The molecule has 4 heterocycles. The van der Waals surface area contributed by atoms with Crippen LogP contribution < -0.4 is 11.1 Å². The number of nitrogens with one attached hydrogen (secondary N) is 1. The topological polar surface area (TPSA) is 106 Å². The summed E-state index contributed by atoms with van der Waals surface area (Å²) in [6, 6.07) is 13.3. The van der Waals surface area contributed by atoms with Crippen LogP contribution in [0.2, 0.25) is 0 Å². The first-order valence-corrected chi connectivity index (χ1v) is 10.7. The molecular formula is C24H22N6O2. The van der Waals surface area contributed by atoms with Crippen LogP contribution in [0.3, 0.4) is 0 Å². The number of nitrogens with two attached hydrogens (primary N) is 1. The minimum absolute atomic E-state index is 0.0399. The van der Waals surface area contributed by atoms with Crippen molar-refractivity contribution in [2.45, 2.75) is 25.2 Å². The zero-order valence-corrected chi connectivity index (χ0v) is 17.6. The first-order chi connectivity index (χ1) is 15.5. The largest absolute Gasteiger partial charge is 0.382 e. The number of piperidine rings is 1. The molecular weight excluding hydrogens is 404 g/mol. The molecule has 3 N–H and O–H groups in total. The molecule has 0 aliphatic carbocycles. The van der Waals surface area contributed by atoms with E-state index in [1.54, 1.807) is 12.3 Å². The van der Waals surface area contributed by atoms with Gasteiger partial charge in [0.15, 0.2) is 0 Å². The molecule has 2 aliphatic heterocycles. The number of rotatable bonds is 1. The van der Waals surface area contributed by atoms with E-state index in [0.717, 1.165) is 28.1 Å². The molecule has 0 radical (unpaired) electrons. The molecule has 1 saturated heterocycles. The third kappa shape index (κ3) is 2.49. The normalized spacial score (nSPS) is 17.2. The number of hydrogen-bond acceptors (Lipinski definition) is 5. The fourth-order valence-electron chi connectivity index (χ4n) is 5.19. The van der Waals surface area contributed by atoms with Gasteiger partial charge in [0, 0.05) is 24.3 Å². The first kappa shape index (κ1) is 18.8. The minimum atomic E-state index is -0.543. The average Bonchev–Trinajstić information content (AvgIpc) is 3.33. The number of para-hydroxylation sites is 1. The lowest BCUT2D eigenvalue weighted by molar-refractivity contribution is -0.122. The number of carbonyl (C=O) groups excluding carboxylic acids is 2. The van der Waals surface area contributed by atoms with Gasteiger partial charge in [-0.3, -0.25) is 14.0 Å². The number of nitrogens with zero attached hydrogens (tertiary/aromatic N) is 4. The molecule has 8 nitrogen and oxygen atoms in total. The Morgan fingerprint density at radius 3 is 2.72 bits per heavy atom. The van der Waals surface area contributed by atoms with Gasteiger partial charge in [0.05, 0.1) is 22.6 Å². The Balaban J connectivity index is 1.31. The van der Waals surface area contributed by atoms with Crippen molar-refractivity contribution in [2.75, 3.05) is 24.1 Å². The molecule has 0 bridgehead atoms. The van der Waals surface area contributed by atoms with Gasteiger partial charge >= 0.3 is 0 Å². The van der Waals surface area contributed by atoms with Crippen molar-refractivity contribution in [1.29, 1.82) is 0 Å². The zero-order valence-electron chi connectivity index (χ0n) is 17.6. The lowest BCUT2D eigenvalue weighted by Gasteiger charge is -2.38. The maximum absolute atomic E-state index is 13.4. The van der Waals surface area contributed by atoms with Crippen LogP contribution in [0.4, 0.5) is 11.5 Å². The van der Waals surface area contributed by atoms with Crippen molar-refractivity contribution in [1.82, 2.24) is 19.3 Å². The highest BCUT2D eigenvalue weighted by Gasteiger charge is 2.48. The number of anilines is 2. The van der Waals surface area contributed by atoms with E-state index in [1.807, 2.05) is 52.6 Å². The Labute approximate surface area is 184 Å². The van der Waals surface area contributed by atoms with Gasteiger partial charge in [0.1, 0.15) is 17.2 Å². The predicted molar refractivity (Wildman–Crippen MR) is 122 cm³/mol. The van der Waals surface area contributed by atoms with Gasteiger partial charge in [-0.25, -0.2) is 9.97 Å². The second-order valence-electron chi connectivity index (χ2n) is 8.60. The molecule has 8 heteroatoms. The maximum Gasteiger partial charge on any atom is 0.253 e. The van der Waals surface area contributed by atoms with Crippen LogP contribution in [-0.2, 0) is 10.2 Å². The Morgan fingerprint density at radius 1 is 1.12 bits per heavy atom. The van der Waals surface area contributed by atoms with Gasteiger partial charge in [-0.2, -0.15) is 0 Å². The molecule has 2 aromatic heterocycles. The van der Waals surface area contributed by atoms with Gasteiger partial charge in [-0.15, -0.1) is 0 Å². The number of carbonyl (C=O) groups is 2. The lowest BCUT2D eigenvalue weighted by Crippen LogP contribution is -2.48. The number of aryl methyl sites for hydroxylation is 1. The number of nitrogen functional groups attached to an aromatic ring is 1. The van der Waals surface area contributed by atoms with Crippen molar-refractivity contribution >= 4 is 39.9 Å². The van der Waals surface area contributed by atoms with Crippen LogP contribution in [0.5, 0.6) is 0 Å². The molecule has 4 aromatic rings. The second-order valence-corrected chi connectivity index (χ2v) is 8.60. The quantitative estimate of drug-likeness (QED) is 0.487. The van der Waals surface area contributed by atoms with Crippen LogP contribution in [0.15, 0.2) is 48.7 Å². The van der Waals surface area contributed by atoms with E-state index in [9.17, 15) is 9.59 Å². The van der Waals surface area contributed by atoms with Crippen molar-refractivity contribution in [3.8, 4) is 0 Å². The van der Waals surface area contributed by atoms with E-state index in [2.05, 4.69) is 15.3 Å². The third-order valence-electron chi connectivity index (χ3n) is 6.93. The SMILES string of the molecule is Cc1ncc2c(N)nc3ccc(C(=O)N4CCC5(CC4)C(=O)Nc4ccccc45)cc3n12. The molecule has 0 atom stereocenters. The van der Waals surface area contributed by atoms with Gasteiger partial charge in [-0.1, -0.05) is 18.2 Å². The summed E-state index contributed by atoms with van der Waals surface area (Å²) in [4.78, 5) is 36.8. The second kappa shape index (κ2) is 6.53. The van der Waals surface area contributed by atoms with Gasteiger partial charge in [0.2, 0.25) is 5.91 Å². The third-order valence-corrected chi connectivity index (χ3v) is 6.93.